The van der Waals surface area contributed by atoms with Gasteiger partial charge in [0.1, 0.15) is 11.6 Å². The van der Waals surface area contributed by atoms with Crippen molar-refractivity contribution < 1.29 is 0 Å². The van der Waals surface area contributed by atoms with Crippen LogP contribution >= 0.6 is 0 Å². The van der Waals surface area contributed by atoms with Gasteiger partial charge in [0.2, 0.25) is 0 Å². The molecule has 96 valence electrons. The Morgan fingerprint density at radius 3 is 2.35 bits per heavy atom. The summed E-state index contributed by atoms with van der Waals surface area (Å²) in [5.74, 6) is 2.33. The van der Waals surface area contributed by atoms with Crippen molar-refractivity contribution in [2.75, 3.05) is 11.9 Å². The minimum Gasteiger partial charge on any atom is -0.370 e. The third-order valence-corrected chi connectivity index (χ3v) is 2.43. The predicted molar refractivity (Wildman–Crippen MR) is 73.4 cm³/mol. The van der Waals surface area contributed by atoms with Crippen LogP contribution in [0.5, 0.6) is 0 Å². The van der Waals surface area contributed by atoms with E-state index in [-0.39, 0.29) is 5.41 Å². The number of anilines is 1. The molecule has 0 atom stereocenters. The topological polar surface area (TPSA) is 37.8 Å². The van der Waals surface area contributed by atoms with Crippen LogP contribution in [0.3, 0.4) is 0 Å². The van der Waals surface area contributed by atoms with Gasteiger partial charge in [-0.05, 0) is 18.3 Å². The number of nitrogens with one attached hydrogen (secondary N) is 1. The van der Waals surface area contributed by atoms with E-state index in [0.29, 0.717) is 5.92 Å². The van der Waals surface area contributed by atoms with Crippen LogP contribution in [0.4, 0.5) is 5.82 Å². The second kappa shape index (κ2) is 5.48. The third kappa shape index (κ3) is 4.72. The van der Waals surface area contributed by atoms with Gasteiger partial charge in [0.15, 0.2) is 0 Å². The zero-order valence-corrected chi connectivity index (χ0v) is 12.0. The molecule has 3 heteroatoms. The monoisotopic (exact) mass is 235 g/mol. The summed E-state index contributed by atoms with van der Waals surface area (Å²) in [6, 6.07) is 2.06. The maximum Gasteiger partial charge on any atom is 0.131 e. The molecule has 0 fully saturated rings. The first kappa shape index (κ1) is 13.9. The van der Waals surface area contributed by atoms with Crippen LogP contribution in [0.15, 0.2) is 6.07 Å². The molecule has 1 N–H and O–H groups in total. The van der Waals surface area contributed by atoms with Gasteiger partial charge in [-0.3, -0.25) is 0 Å². The Kier molecular flexibility index (Phi) is 4.49. The van der Waals surface area contributed by atoms with E-state index in [4.69, 9.17) is 0 Å². The van der Waals surface area contributed by atoms with E-state index in [9.17, 15) is 0 Å². The van der Waals surface area contributed by atoms with Gasteiger partial charge in [-0.15, -0.1) is 0 Å². The van der Waals surface area contributed by atoms with Crippen LogP contribution in [0, 0.1) is 5.41 Å². The first-order valence-electron chi connectivity index (χ1n) is 6.43. The molecule has 1 aromatic rings. The highest BCUT2D eigenvalue weighted by atomic mass is 15.0. The molecule has 17 heavy (non-hydrogen) atoms. The van der Waals surface area contributed by atoms with Gasteiger partial charge in [0, 0.05) is 24.7 Å². The van der Waals surface area contributed by atoms with Crippen molar-refractivity contribution in [2.24, 2.45) is 5.41 Å². The highest BCUT2D eigenvalue weighted by molar-refractivity contribution is 5.36. The molecule has 0 aromatic carbocycles. The van der Waals surface area contributed by atoms with Crippen molar-refractivity contribution in [3.8, 4) is 0 Å². The lowest BCUT2D eigenvalue weighted by Gasteiger charge is -2.18. The lowest BCUT2D eigenvalue weighted by atomic mass is 9.92. The quantitative estimate of drug-likeness (QED) is 0.866. The third-order valence-electron chi connectivity index (χ3n) is 2.43. The first-order chi connectivity index (χ1) is 7.81. The molecule has 0 saturated heterocycles. The molecule has 0 aliphatic rings. The normalized spacial score (nSPS) is 11.9. The molecule has 1 aromatic heterocycles. The van der Waals surface area contributed by atoms with Crippen molar-refractivity contribution in [1.82, 2.24) is 9.97 Å². The molecular weight excluding hydrogens is 210 g/mol. The minimum absolute atomic E-state index is 0.221. The Balaban J connectivity index is 3.03. The van der Waals surface area contributed by atoms with E-state index in [1.807, 2.05) is 0 Å². The number of hydrogen-bond acceptors (Lipinski definition) is 3. The van der Waals surface area contributed by atoms with Crippen molar-refractivity contribution >= 4 is 5.82 Å². The highest BCUT2D eigenvalue weighted by Crippen LogP contribution is 2.21. The molecule has 1 rings (SSSR count). The molecule has 0 aliphatic heterocycles. The summed E-state index contributed by atoms with van der Waals surface area (Å²) in [5.41, 5.74) is 1.34. The van der Waals surface area contributed by atoms with Gasteiger partial charge >= 0.3 is 0 Å². The number of nitrogens with zero attached hydrogens (tertiary/aromatic N) is 2. The van der Waals surface area contributed by atoms with Crippen LogP contribution in [0.2, 0.25) is 0 Å². The summed E-state index contributed by atoms with van der Waals surface area (Å²) in [4.78, 5) is 9.22. The average molecular weight is 235 g/mol. The van der Waals surface area contributed by atoms with Gasteiger partial charge in [0.05, 0.1) is 0 Å². The fourth-order valence-electron chi connectivity index (χ4n) is 1.64. The van der Waals surface area contributed by atoms with Crippen molar-refractivity contribution in [2.45, 2.75) is 53.9 Å². The van der Waals surface area contributed by atoms with E-state index in [0.717, 1.165) is 30.3 Å². The Morgan fingerprint density at radius 2 is 1.88 bits per heavy atom. The number of rotatable bonds is 4. The molecule has 0 aliphatic carbocycles. The Hall–Kier alpha value is -1.12. The zero-order chi connectivity index (χ0) is 13.1. The van der Waals surface area contributed by atoms with Gasteiger partial charge in [-0.2, -0.15) is 0 Å². The molecule has 0 unspecified atom stereocenters. The zero-order valence-electron chi connectivity index (χ0n) is 12.0. The van der Waals surface area contributed by atoms with E-state index in [1.54, 1.807) is 0 Å². The van der Waals surface area contributed by atoms with E-state index in [1.165, 1.54) is 0 Å². The molecular formula is C14H25N3. The van der Waals surface area contributed by atoms with Crippen molar-refractivity contribution in [1.29, 1.82) is 0 Å². The SMILES string of the molecule is CCNc1cc(C(C)C)nc(CC(C)(C)C)n1. The van der Waals surface area contributed by atoms with Crippen LogP contribution in [-0.4, -0.2) is 16.5 Å². The maximum atomic E-state index is 4.65. The van der Waals surface area contributed by atoms with Crippen molar-refractivity contribution in [3.63, 3.8) is 0 Å². The van der Waals surface area contributed by atoms with Crippen LogP contribution < -0.4 is 5.32 Å². The highest BCUT2D eigenvalue weighted by Gasteiger charge is 2.15. The summed E-state index contributed by atoms with van der Waals surface area (Å²) in [7, 11) is 0. The number of hydrogen-bond donors (Lipinski definition) is 1. The van der Waals surface area contributed by atoms with E-state index < -0.39 is 0 Å². The van der Waals surface area contributed by atoms with Gasteiger partial charge in [0.25, 0.3) is 0 Å². The predicted octanol–water partition coefficient (Wildman–Crippen LogP) is 3.62. The molecule has 0 saturated carbocycles. The lowest BCUT2D eigenvalue weighted by Crippen LogP contribution is -2.14. The second-order valence-corrected chi connectivity index (χ2v) is 6.02. The Bertz CT molecular complexity index is 364. The summed E-state index contributed by atoms with van der Waals surface area (Å²) in [6.07, 6.45) is 0.909. The summed E-state index contributed by atoms with van der Waals surface area (Å²) in [5, 5.41) is 3.28. The number of aromatic nitrogens is 2. The van der Waals surface area contributed by atoms with Gasteiger partial charge in [-0.25, -0.2) is 9.97 Å². The lowest BCUT2D eigenvalue weighted by molar-refractivity contribution is 0.400. The fraction of sp³-hybridized carbons (Fsp3) is 0.714. The largest absolute Gasteiger partial charge is 0.370 e. The standard InChI is InChI=1S/C14H25N3/c1-7-15-12-8-11(10(2)3)16-13(17-12)9-14(4,5)6/h8,10H,7,9H2,1-6H3,(H,15,16,17). The second-order valence-electron chi connectivity index (χ2n) is 6.02. The molecule has 0 spiro atoms. The average Bonchev–Trinajstić information content (AvgIpc) is 2.14. The van der Waals surface area contributed by atoms with E-state index in [2.05, 4.69) is 62.9 Å². The molecule has 0 amide bonds. The van der Waals surface area contributed by atoms with Crippen LogP contribution in [0.25, 0.3) is 0 Å². The van der Waals surface area contributed by atoms with Crippen LogP contribution in [0.1, 0.15) is 59.0 Å². The maximum absolute atomic E-state index is 4.65. The van der Waals surface area contributed by atoms with Crippen LogP contribution in [-0.2, 0) is 6.42 Å². The molecule has 0 radical (unpaired) electrons. The Morgan fingerprint density at radius 1 is 1.24 bits per heavy atom. The summed E-state index contributed by atoms with van der Waals surface area (Å²) >= 11 is 0. The molecule has 3 nitrogen and oxygen atoms in total. The summed E-state index contributed by atoms with van der Waals surface area (Å²) in [6.45, 7) is 13.9. The van der Waals surface area contributed by atoms with Crippen molar-refractivity contribution in [3.05, 3.63) is 17.6 Å². The minimum atomic E-state index is 0.221. The summed E-state index contributed by atoms with van der Waals surface area (Å²) < 4.78 is 0. The smallest absolute Gasteiger partial charge is 0.131 e. The fourth-order valence-corrected chi connectivity index (χ4v) is 1.64. The van der Waals surface area contributed by atoms with Gasteiger partial charge < -0.3 is 5.32 Å². The Labute approximate surface area is 105 Å². The molecule has 0 bridgehead atoms. The van der Waals surface area contributed by atoms with Gasteiger partial charge in [-0.1, -0.05) is 34.6 Å². The molecule has 1 heterocycles. The van der Waals surface area contributed by atoms with E-state index >= 15 is 0 Å². The first-order valence-corrected chi connectivity index (χ1v) is 6.43.